The van der Waals surface area contributed by atoms with Crippen molar-refractivity contribution in [3.8, 4) is 0 Å². The van der Waals surface area contributed by atoms with Crippen LogP contribution in [0.2, 0.25) is 5.02 Å². The van der Waals surface area contributed by atoms with Gasteiger partial charge in [-0.15, -0.1) is 0 Å². The Bertz CT molecular complexity index is 450. The van der Waals surface area contributed by atoms with Gasteiger partial charge in [0.1, 0.15) is 0 Å². The van der Waals surface area contributed by atoms with Gasteiger partial charge < -0.3 is 15.3 Å². The van der Waals surface area contributed by atoms with E-state index in [9.17, 15) is 18.3 Å². The summed E-state index contributed by atoms with van der Waals surface area (Å²) in [6, 6.07) is 3.53. The van der Waals surface area contributed by atoms with Crippen LogP contribution in [0.15, 0.2) is 18.2 Å². The van der Waals surface area contributed by atoms with Gasteiger partial charge in [0.05, 0.1) is 11.7 Å². The topological polar surface area (TPSA) is 35.5 Å². The highest BCUT2D eigenvalue weighted by Crippen LogP contribution is 2.36. The third-order valence-corrected chi connectivity index (χ3v) is 3.41. The van der Waals surface area contributed by atoms with Crippen molar-refractivity contribution in [2.75, 3.05) is 31.5 Å². The van der Waals surface area contributed by atoms with E-state index >= 15 is 0 Å². The number of aliphatic hydroxyl groups excluding tert-OH is 1. The number of halogens is 4. The molecule has 1 aromatic rings. The van der Waals surface area contributed by atoms with E-state index in [2.05, 4.69) is 5.32 Å². The van der Waals surface area contributed by atoms with E-state index in [4.69, 9.17) is 11.6 Å². The Kier molecular flexibility index (Phi) is 6.77. The lowest BCUT2D eigenvalue weighted by molar-refractivity contribution is -0.137. The van der Waals surface area contributed by atoms with Crippen LogP contribution in [-0.4, -0.2) is 42.3 Å². The molecule has 0 saturated heterocycles. The van der Waals surface area contributed by atoms with Crippen molar-refractivity contribution < 1.29 is 18.3 Å². The molecule has 0 aliphatic rings. The van der Waals surface area contributed by atoms with Gasteiger partial charge in [0.25, 0.3) is 0 Å². The van der Waals surface area contributed by atoms with Gasteiger partial charge in [-0.3, -0.25) is 0 Å². The zero-order chi connectivity index (χ0) is 16.0. The zero-order valence-electron chi connectivity index (χ0n) is 12.0. The predicted molar refractivity (Wildman–Crippen MR) is 78.7 cm³/mol. The van der Waals surface area contributed by atoms with Gasteiger partial charge in [-0.25, -0.2) is 0 Å². The van der Waals surface area contributed by atoms with Gasteiger partial charge in [-0.2, -0.15) is 13.2 Å². The Labute approximate surface area is 127 Å². The van der Waals surface area contributed by atoms with Crippen molar-refractivity contribution >= 4 is 17.3 Å². The van der Waals surface area contributed by atoms with Crippen LogP contribution in [0.5, 0.6) is 0 Å². The lowest BCUT2D eigenvalue weighted by Gasteiger charge is -2.23. The summed E-state index contributed by atoms with van der Waals surface area (Å²) in [6.07, 6.45) is -5.24. The summed E-state index contributed by atoms with van der Waals surface area (Å²) >= 11 is 5.61. The second kappa shape index (κ2) is 7.87. The van der Waals surface area contributed by atoms with Crippen LogP contribution in [0.1, 0.15) is 19.4 Å². The maximum absolute atomic E-state index is 12.9. The maximum atomic E-state index is 12.9. The van der Waals surface area contributed by atoms with Crippen LogP contribution in [-0.2, 0) is 6.18 Å². The number of nitrogens with one attached hydrogen (secondary N) is 1. The molecule has 0 radical (unpaired) electrons. The number of benzene rings is 1. The first kappa shape index (κ1) is 18.1. The molecule has 1 rings (SSSR count). The van der Waals surface area contributed by atoms with Gasteiger partial charge in [0.2, 0.25) is 0 Å². The lowest BCUT2D eigenvalue weighted by Crippen LogP contribution is -2.36. The molecule has 0 fully saturated rings. The van der Waals surface area contributed by atoms with Gasteiger partial charge in [0, 0.05) is 23.8 Å². The van der Waals surface area contributed by atoms with E-state index in [0.29, 0.717) is 6.54 Å². The molecule has 0 aliphatic carbocycles. The molecule has 2 N–H and O–H groups in total. The van der Waals surface area contributed by atoms with Crippen molar-refractivity contribution in [1.82, 2.24) is 4.90 Å². The minimum atomic E-state index is -4.49. The van der Waals surface area contributed by atoms with E-state index in [-0.39, 0.29) is 17.3 Å². The van der Waals surface area contributed by atoms with Gasteiger partial charge >= 0.3 is 6.18 Å². The average Bonchev–Trinajstić information content (AvgIpc) is 2.42. The maximum Gasteiger partial charge on any atom is 0.418 e. The Morgan fingerprint density at radius 1 is 1.29 bits per heavy atom. The van der Waals surface area contributed by atoms with E-state index in [0.717, 1.165) is 19.2 Å². The van der Waals surface area contributed by atoms with E-state index in [1.807, 2.05) is 18.7 Å². The van der Waals surface area contributed by atoms with E-state index in [1.165, 1.54) is 12.1 Å². The zero-order valence-corrected chi connectivity index (χ0v) is 12.8. The molecule has 7 heteroatoms. The lowest BCUT2D eigenvalue weighted by atomic mass is 10.1. The molecule has 1 aromatic carbocycles. The van der Waals surface area contributed by atoms with Crippen LogP contribution in [0, 0.1) is 0 Å². The highest BCUT2D eigenvalue weighted by atomic mass is 35.5. The molecule has 1 unspecified atom stereocenters. The van der Waals surface area contributed by atoms with E-state index < -0.39 is 17.8 Å². The number of nitrogens with zero attached hydrogens (tertiary/aromatic N) is 1. The van der Waals surface area contributed by atoms with Crippen LogP contribution in [0.3, 0.4) is 0 Å². The summed E-state index contributed by atoms with van der Waals surface area (Å²) in [5, 5.41) is 12.5. The second-order valence-corrected chi connectivity index (χ2v) is 5.14. The van der Waals surface area contributed by atoms with Crippen LogP contribution < -0.4 is 5.32 Å². The van der Waals surface area contributed by atoms with Crippen molar-refractivity contribution in [3.05, 3.63) is 28.8 Å². The largest absolute Gasteiger partial charge is 0.418 e. The number of hydrogen-bond donors (Lipinski definition) is 2. The smallest absolute Gasteiger partial charge is 0.390 e. The Hall–Kier alpha value is -0.980. The second-order valence-electron chi connectivity index (χ2n) is 4.71. The molecule has 1 atom stereocenters. The minimum absolute atomic E-state index is 0.0246. The fourth-order valence-electron chi connectivity index (χ4n) is 1.98. The Morgan fingerprint density at radius 3 is 2.43 bits per heavy atom. The predicted octanol–water partition coefficient (Wildman–Crippen LogP) is 3.47. The molecule has 0 amide bonds. The number of likely N-dealkylation sites (N-methyl/N-ethyl adjacent to an activating group) is 1. The molecular weight excluding hydrogens is 305 g/mol. The van der Waals surface area contributed by atoms with Crippen molar-refractivity contribution in [2.24, 2.45) is 0 Å². The summed E-state index contributed by atoms with van der Waals surface area (Å²) in [5.41, 5.74) is -0.907. The number of aliphatic hydroxyl groups is 1. The molecule has 0 aromatic heterocycles. The number of alkyl halides is 3. The molecule has 0 heterocycles. The summed E-state index contributed by atoms with van der Waals surface area (Å²) in [7, 11) is 0. The fraction of sp³-hybridized carbons (Fsp3) is 0.571. The highest BCUT2D eigenvalue weighted by Gasteiger charge is 2.33. The quantitative estimate of drug-likeness (QED) is 0.806. The van der Waals surface area contributed by atoms with Crippen LogP contribution in [0.4, 0.5) is 18.9 Å². The minimum Gasteiger partial charge on any atom is -0.390 e. The molecule has 120 valence electrons. The van der Waals surface area contributed by atoms with Crippen molar-refractivity contribution in [1.29, 1.82) is 0 Å². The van der Waals surface area contributed by atoms with Crippen LogP contribution in [0.25, 0.3) is 0 Å². The third kappa shape index (κ3) is 5.73. The average molecular weight is 325 g/mol. The Morgan fingerprint density at radius 2 is 1.90 bits per heavy atom. The number of rotatable bonds is 7. The first-order valence-corrected chi connectivity index (χ1v) is 7.16. The molecule has 21 heavy (non-hydrogen) atoms. The third-order valence-electron chi connectivity index (χ3n) is 3.18. The molecular formula is C14H20ClF3N2O. The standard InChI is InChI=1S/C14H20ClF3N2O/c1-3-20(4-2)9-11(21)8-19-13-6-5-10(15)7-12(13)14(16,17)18/h5-7,11,19,21H,3-4,8-9H2,1-2H3. The summed E-state index contributed by atoms with van der Waals surface area (Å²) in [6.45, 7) is 5.94. The van der Waals surface area contributed by atoms with Gasteiger partial charge in [0.15, 0.2) is 0 Å². The van der Waals surface area contributed by atoms with Gasteiger partial charge in [-0.1, -0.05) is 25.4 Å². The summed E-state index contributed by atoms with van der Waals surface area (Å²) in [4.78, 5) is 2.00. The molecule has 0 spiro atoms. The number of anilines is 1. The van der Waals surface area contributed by atoms with Crippen LogP contribution >= 0.6 is 11.6 Å². The van der Waals surface area contributed by atoms with Crippen molar-refractivity contribution in [2.45, 2.75) is 26.1 Å². The molecule has 0 aliphatic heterocycles. The Balaban J connectivity index is 2.71. The van der Waals surface area contributed by atoms with E-state index in [1.54, 1.807) is 0 Å². The molecule has 3 nitrogen and oxygen atoms in total. The van der Waals surface area contributed by atoms with Gasteiger partial charge in [-0.05, 0) is 31.3 Å². The summed E-state index contributed by atoms with van der Waals surface area (Å²) < 4.78 is 38.7. The fourth-order valence-corrected chi connectivity index (χ4v) is 2.15. The molecule has 0 saturated carbocycles. The monoisotopic (exact) mass is 324 g/mol. The normalized spacial score (nSPS) is 13.5. The molecule has 0 bridgehead atoms. The number of hydrogen-bond acceptors (Lipinski definition) is 3. The first-order chi connectivity index (χ1) is 9.77. The SMILES string of the molecule is CCN(CC)CC(O)CNc1ccc(Cl)cc1C(F)(F)F. The van der Waals surface area contributed by atoms with Crippen molar-refractivity contribution in [3.63, 3.8) is 0 Å². The highest BCUT2D eigenvalue weighted by molar-refractivity contribution is 6.30. The summed E-state index contributed by atoms with van der Waals surface area (Å²) in [5.74, 6) is 0. The first-order valence-electron chi connectivity index (χ1n) is 6.79.